The number of nitrogens with two attached hydrogens (primary N) is 1. The molecule has 2 aromatic heterocycles. The lowest BCUT2D eigenvalue weighted by atomic mass is 9.96. The van der Waals surface area contributed by atoms with Crippen LogP contribution in [-0.4, -0.2) is 67.7 Å². The molecule has 1 atom stereocenters. The second kappa shape index (κ2) is 9.66. The molecule has 1 saturated heterocycles. The first-order valence-electron chi connectivity index (χ1n) is 11.4. The maximum Gasteiger partial charge on any atom is 0.278 e. The highest BCUT2D eigenvalue weighted by molar-refractivity contribution is 6.07. The summed E-state index contributed by atoms with van der Waals surface area (Å²) >= 11 is 0. The zero-order chi connectivity index (χ0) is 23.5. The molecule has 1 fully saturated rings. The van der Waals surface area contributed by atoms with E-state index >= 15 is 0 Å². The summed E-state index contributed by atoms with van der Waals surface area (Å²) in [6.07, 6.45) is 5.85. The molecule has 11 heteroatoms. The van der Waals surface area contributed by atoms with Gasteiger partial charge >= 0.3 is 0 Å². The predicted octanol–water partition coefficient (Wildman–Crippen LogP) is 0.684. The number of aromatic nitrogens is 3. The van der Waals surface area contributed by atoms with Gasteiger partial charge in [0.2, 0.25) is 0 Å². The maximum absolute atomic E-state index is 13.2. The van der Waals surface area contributed by atoms with Crippen LogP contribution in [0.15, 0.2) is 42.9 Å². The molecular formula is C23H27BN8O2. The molecule has 0 saturated carbocycles. The first kappa shape index (κ1) is 22.1. The Balaban J connectivity index is 1.40. The number of benzene rings is 1. The number of morpholine rings is 1. The Morgan fingerprint density at radius 3 is 2.91 bits per heavy atom. The number of carbonyl (C=O) groups is 1. The van der Waals surface area contributed by atoms with Gasteiger partial charge in [0.05, 0.1) is 42.7 Å². The van der Waals surface area contributed by atoms with Gasteiger partial charge in [0.15, 0.2) is 19.5 Å². The first-order chi connectivity index (χ1) is 16.6. The van der Waals surface area contributed by atoms with Crippen molar-refractivity contribution < 1.29 is 9.53 Å². The van der Waals surface area contributed by atoms with Gasteiger partial charge in [-0.05, 0) is 30.2 Å². The minimum Gasteiger partial charge on any atom is -0.383 e. The topological polar surface area (TPSA) is 130 Å². The molecule has 2 aliphatic heterocycles. The van der Waals surface area contributed by atoms with Crippen molar-refractivity contribution in [3.63, 3.8) is 0 Å². The number of rotatable bonds is 5. The van der Waals surface area contributed by atoms with Crippen molar-refractivity contribution in [1.29, 1.82) is 0 Å². The third-order valence-corrected chi connectivity index (χ3v) is 6.23. The molecule has 10 nitrogen and oxygen atoms in total. The molecule has 1 aromatic carbocycles. The van der Waals surface area contributed by atoms with E-state index < -0.39 is 5.91 Å². The van der Waals surface area contributed by atoms with Crippen molar-refractivity contribution in [2.75, 3.05) is 54.1 Å². The van der Waals surface area contributed by atoms with Gasteiger partial charge in [-0.15, -0.1) is 0 Å². The van der Waals surface area contributed by atoms with Crippen LogP contribution in [0.2, 0.25) is 0 Å². The summed E-state index contributed by atoms with van der Waals surface area (Å²) in [5, 5.41) is 9.67. The van der Waals surface area contributed by atoms with Crippen LogP contribution in [0.3, 0.4) is 0 Å². The van der Waals surface area contributed by atoms with Crippen LogP contribution in [0.4, 0.5) is 22.9 Å². The smallest absolute Gasteiger partial charge is 0.278 e. The summed E-state index contributed by atoms with van der Waals surface area (Å²) in [7, 11) is 1.96. The van der Waals surface area contributed by atoms with E-state index in [9.17, 15) is 4.79 Å². The molecule has 5 rings (SSSR count). The number of pyridine rings is 1. The van der Waals surface area contributed by atoms with E-state index in [-0.39, 0.29) is 11.5 Å². The molecule has 4 heterocycles. The number of hydrogen-bond donors (Lipinski definition) is 4. The Morgan fingerprint density at radius 1 is 1.24 bits per heavy atom. The Bertz CT molecular complexity index is 1200. The van der Waals surface area contributed by atoms with Crippen molar-refractivity contribution in [2.45, 2.75) is 12.5 Å². The van der Waals surface area contributed by atoms with Gasteiger partial charge in [0.25, 0.3) is 5.91 Å². The van der Waals surface area contributed by atoms with Crippen LogP contribution >= 0.6 is 0 Å². The van der Waals surface area contributed by atoms with Crippen molar-refractivity contribution >= 4 is 36.8 Å². The Kier molecular flexibility index (Phi) is 6.28. The van der Waals surface area contributed by atoms with Crippen LogP contribution in [0.25, 0.3) is 11.3 Å². The molecule has 1 unspecified atom stereocenters. The number of fused-ring (bicyclic) bond motifs is 1. The van der Waals surface area contributed by atoms with Crippen LogP contribution < -0.4 is 26.5 Å². The van der Waals surface area contributed by atoms with Gasteiger partial charge in [0.1, 0.15) is 0 Å². The van der Waals surface area contributed by atoms with E-state index in [4.69, 9.17) is 10.5 Å². The predicted molar refractivity (Wildman–Crippen MR) is 135 cm³/mol. The summed E-state index contributed by atoms with van der Waals surface area (Å²) < 4.78 is 5.44. The summed E-state index contributed by atoms with van der Waals surface area (Å²) in [5.41, 5.74) is 11.4. The fourth-order valence-corrected chi connectivity index (χ4v) is 4.32. The number of ether oxygens (including phenoxy) is 1. The van der Waals surface area contributed by atoms with Crippen molar-refractivity contribution in [2.24, 2.45) is 0 Å². The number of amides is 1. The van der Waals surface area contributed by atoms with Crippen LogP contribution in [0.1, 0.15) is 16.1 Å². The molecule has 34 heavy (non-hydrogen) atoms. The van der Waals surface area contributed by atoms with Crippen molar-refractivity contribution in [3.05, 3.63) is 54.1 Å². The highest BCUT2D eigenvalue weighted by Crippen LogP contribution is 2.29. The van der Waals surface area contributed by atoms with E-state index in [0.717, 1.165) is 43.0 Å². The number of nitrogens with zero attached hydrogens (tertiary/aromatic N) is 4. The van der Waals surface area contributed by atoms with Crippen LogP contribution in [0, 0.1) is 0 Å². The lowest BCUT2D eigenvalue weighted by molar-refractivity contribution is 0.102. The zero-order valence-electron chi connectivity index (χ0n) is 19.0. The summed E-state index contributed by atoms with van der Waals surface area (Å²) in [6, 6.07) is 8.35. The highest BCUT2D eigenvalue weighted by atomic mass is 16.5. The molecule has 0 spiro atoms. The first-order valence-corrected chi connectivity index (χ1v) is 11.4. The number of hydrogen-bond acceptors (Lipinski definition) is 9. The fourth-order valence-electron chi connectivity index (χ4n) is 4.32. The van der Waals surface area contributed by atoms with E-state index in [1.165, 1.54) is 5.56 Å². The average Bonchev–Trinajstić information content (AvgIpc) is 2.89. The lowest BCUT2D eigenvalue weighted by Gasteiger charge is -2.30. The number of anilines is 4. The molecule has 1 amide bonds. The quantitative estimate of drug-likeness (QED) is 0.408. The molecule has 0 bridgehead atoms. The van der Waals surface area contributed by atoms with Crippen molar-refractivity contribution in [3.8, 4) is 11.3 Å². The molecule has 5 N–H and O–H groups in total. The Labute approximate surface area is 198 Å². The summed E-state index contributed by atoms with van der Waals surface area (Å²) in [6.45, 7) is 3.65. The largest absolute Gasteiger partial charge is 0.383 e. The summed E-state index contributed by atoms with van der Waals surface area (Å²) in [4.78, 5) is 28.4. The van der Waals surface area contributed by atoms with Gasteiger partial charge < -0.3 is 31.2 Å². The second-order valence-electron chi connectivity index (χ2n) is 8.38. The molecular weight excluding hydrogens is 431 g/mol. The maximum atomic E-state index is 13.2. The third kappa shape index (κ3) is 4.52. The minimum atomic E-state index is -0.427. The van der Waals surface area contributed by atoms with Gasteiger partial charge in [-0.3, -0.25) is 9.78 Å². The van der Waals surface area contributed by atoms with E-state index in [1.807, 2.05) is 26.2 Å². The van der Waals surface area contributed by atoms with E-state index in [1.54, 1.807) is 18.6 Å². The molecule has 2 aliphatic rings. The minimum absolute atomic E-state index is 0.0768. The standard InChI is InChI=1S/C23H27BN8O2/c24-31-16-10-15-9-14(1-2-17(15)27-11-16)18-13-28-22(25)21(29-18)23(33)30-19-12-26-4-3-20(19)32-5-7-34-8-6-32/h1-4,9,12-13,16,27,31H,5-8,10-11,24H2,(H2,25,28)(H,30,33). The molecule has 0 radical (unpaired) electrons. The second-order valence-corrected chi connectivity index (χ2v) is 8.38. The average molecular weight is 458 g/mol. The summed E-state index contributed by atoms with van der Waals surface area (Å²) in [5.74, 6) is -0.350. The molecule has 3 aromatic rings. The zero-order valence-corrected chi connectivity index (χ0v) is 19.0. The number of nitrogen functional groups attached to an aromatic ring is 1. The van der Waals surface area contributed by atoms with Gasteiger partial charge in [-0.25, -0.2) is 9.97 Å². The van der Waals surface area contributed by atoms with E-state index in [0.29, 0.717) is 30.6 Å². The van der Waals surface area contributed by atoms with Gasteiger partial charge in [0, 0.05) is 43.1 Å². The van der Waals surface area contributed by atoms with Crippen LogP contribution in [0.5, 0.6) is 0 Å². The van der Waals surface area contributed by atoms with E-state index in [2.05, 4.69) is 41.8 Å². The Hall–Kier alpha value is -3.70. The third-order valence-electron chi connectivity index (χ3n) is 6.23. The monoisotopic (exact) mass is 458 g/mol. The molecule has 0 aliphatic carbocycles. The normalized spacial score (nSPS) is 17.5. The van der Waals surface area contributed by atoms with Gasteiger partial charge in [-0.1, -0.05) is 6.07 Å². The van der Waals surface area contributed by atoms with Crippen LogP contribution in [-0.2, 0) is 11.2 Å². The highest BCUT2D eigenvalue weighted by Gasteiger charge is 2.21. The lowest BCUT2D eigenvalue weighted by Crippen LogP contribution is -2.38. The van der Waals surface area contributed by atoms with Crippen molar-refractivity contribution in [1.82, 2.24) is 20.2 Å². The Morgan fingerprint density at radius 2 is 2.09 bits per heavy atom. The molecule has 174 valence electrons. The number of carbonyl (C=O) groups excluding carboxylic acids is 1. The fraction of sp³-hybridized carbons (Fsp3) is 0.304. The number of nitrogens with one attached hydrogen (secondary N) is 3. The van der Waals surface area contributed by atoms with Gasteiger partial charge in [-0.2, -0.15) is 0 Å². The SMILES string of the molecule is BNC1CNc2ccc(-c3cnc(N)c(C(=O)Nc4cnccc4N4CCOCC4)n3)cc2C1.